The highest BCUT2D eigenvalue weighted by molar-refractivity contribution is 5.92. The summed E-state index contributed by atoms with van der Waals surface area (Å²) < 4.78 is 29.4. The molecule has 4 nitrogen and oxygen atoms in total. The van der Waals surface area contributed by atoms with Crippen molar-refractivity contribution in [3.05, 3.63) is 33.2 Å². The van der Waals surface area contributed by atoms with Crippen molar-refractivity contribution in [2.75, 3.05) is 7.11 Å². The van der Waals surface area contributed by atoms with E-state index in [0.29, 0.717) is 6.07 Å². The number of esters is 1. The van der Waals surface area contributed by atoms with E-state index in [1.54, 1.807) is 0 Å². The van der Waals surface area contributed by atoms with Crippen molar-refractivity contribution in [3.8, 4) is 0 Å². The van der Waals surface area contributed by atoms with Gasteiger partial charge in [-0.15, -0.1) is 0 Å². The van der Waals surface area contributed by atoms with E-state index in [1.807, 2.05) is 0 Å². The Morgan fingerprint density at radius 2 is 2.13 bits per heavy atom. The van der Waals surface area contributed by atoms with Crippen LogP contribution in [-0.4, -0.2) is 18.1 Å². The normalized spacial score (nSPS) is 10.5. The van der Waals surface area contributed by atoms with E-state index in [9.17, 15) is 18.4 Å². The summed E-state index contributed by atoms with van der Waals surface area (Å²) in [7, 11) is 1.09. The van der Waals surface area contributed by atoms with Crippen molar-refractivity contribution >= 4 is 5.97 Å². The number of ether oxygens (including phenoxy) is 1. The highest BCUT2D eigenvalue weighted by atomic mass is 19.3. The van der Waals surface area contributed by atoms with Crippen LogP contribution in [0.2, 0.25) is 0 Å². The molecule has 0 atom stereocenters. The molecule has 0 radical (unpaired) electrons. The van der Waals surface area contributed by atoms with Gasteiger partial charge in [0.2, 0.25) is 5.56 Å². The van der Waals surface area contributed by atoms with Gasteiger partial charge in [-0.3, -0.25) is 4.79 Å². The summed E-state index contributed by atoms with van der Waals surface area (Å²) in [4.78, 5) is 24.4. The first-order valence-corrected chi connectivity index (χ1v) is 4.07. The Hall–Kier alpha value is -1.72. The molecule has 1 rings (SSSR count). The number of carbonyl (C=O) groups is 1. The van der Waals surface area contributed by atoms with Gasteiger partial charge in [0, 0.05) is 17.3 Å². The summed E-state index contributed by atoms with van der Waals surface area (Å²) in [6.45, 7) is 1.36. The number of aromatic amines is 1. The maximum Gasteiger partial charge on any atom is 0.340 e. The quantitative estimate of drug-likeness (QED) is 0.762. The van der Waals surface area contributed by atoms with Crippen molar-refractivity contribution < 1.29 is 18.3 Å². The molecule has 0 aliphatic carbocycles. The molecule has 0 aliphatic heterocycles. The predicted molar refractivity (Wildman–Crippen MR) is 48.1 cm³/mol. The van der Waals surface area contributed by atoms with Gasteiger partial charge in [-0.25, -0.2) is 13.6 Å². The van der Waals surface area contributed by atoms with Crippen LogP contribution in [0.5, 0.6) is 0 Å². The summed E-state index contributed by atoms with van der Waals surface area (Å²) in [6, 6.07) is 0.698. The molecule has 0 saturated heterocycles. The second kappa shape index (κ2) is 4.20. The van der Waals surface area contributed by atoms with Crippen LogP contribution < -0.4 is 5.56 Å². The number of pyridine rings is 1. The first-order chi connectivity index (χ1) is 6.97. The van der Waals surface area contributed by atoms with Crippen molar-refractivity contribution in [1.82, 2.24) is 4.98 Å². The largest absolute Gasteiger partial charge is 0.465 e. The molecule has 0 unspecified atom stereocenters. The lowest BCUT2D eigenvalue weighted by atomic mass is 10.1. The highest BCUT2D eigenvalue weighted by Crippen LogP contribution is 2.23. The zero-order chi connectivity index (χ0) is 11.6. The second-order valence-electron chi connectivity index (χ2n) is 2.88. The van der Waals surface area contributed by atoms with E-state index in [2.05, 4.69) is 9.72 Å². The van der Waals surface area contributed by atoms with Crippen molar-refractivity contribution in [1.29, 1.82) is 0 Å². The molecule has 15 heavy (non-hydrogen) atoms. The van der Waals surface area contributed by atoms with E-state index in [1.165, 1.54) is 6.92 Å². The predicted octanol–water partition coefficient (Wildman–Crippen LogP) is 1.41. The van der Waals surface area contributed by atoms with Crippen LogP contribution in [0.15, 0.2) is 10.9 Å². The first kappa shape index (κ1) is 11.4. The minimum Gasteiger partial charge on any atom is -0.465 e. The number of carbonyl (C=O) groups excluding carboxylic acids is 1. The lowest BCUT2D eigenvalue weighted by molar-refractivity contribution is 0.0587. The summed E-state index contributed by atoms with van der Waals surface area (Å²) >= 11 is 0. The third kappa shape index (κ3) is 2.20. The topological polar surface area (TPSA) is 59.2 Å². The Balaban J connectivity index is 3.47. The third-order valence-electron chi connectivity index (χ3n) is 1.89. The molecule has 0 fully saturated rings. The molecule has 0 amide bonds. The minimum atomic E-state index is -2.89. The fraction of sp³-hybridized carbons (Fsp3) is 0.333. The number of aromatic nitrogens is 1. The molecular formula is C9H9F2NO3. The molecule has 6 heteroatoms. The van der Waals surface area contributed by atoms with Gasteiger partial charge < -0.3 is 9.72 Å². The Morgan fingerprint density at radius 1 is 1.53 bits per heavy atom. The number of methoxy groups -OCH3 is 1. The molecule has 0 aliphatic rings. The zero-order valence-electron chi connectivity index (χ0n) is 8.14. The number of hydrogen-bond acceptors (Lipinski definition) is 3. The summed E-state index contributed by atoms with van der Waals surface area (Å²) in [5.41, 5.74) is -1.49. The van der Waals surface area contributed by atoms with Crippen LogP contribution in [0.1, 0.15) is 28.0 Å². The molecule has 0 bridgehead atoms. The van der Waals surface area contributed by atoms with Crippen molar-refractivity contribution in [2.45, 2.75) is 13.3 Å². The zero-order valence-corrected chi connectivity index (χ0v) is 8.14. The minimum absolute atomic E-state index is 0.0738. The Labute approximate surface area is 83.9 Å². The Morgan fingerprint density at radius 3 is 2.60 bits per heavy atom. The fourth-order valence-corrected chi connectivity index (χ4v) is 1.26. The van der Waals surface area contributed by atoms with Crippen LogP contribution in [0.3, 0.4) is 0 Å². The number of alkyl halides is 2. The molecule has 1 heterocycles. The maximum atomic E-state index is 12.5. The molecule has 0 aromatic carbocycles. The second-order valence-corrected chi connectivity index (χ2v) is 2.88. The van der Waals surface area contributed by atoms with Gasteiger partial charge in [0.15, 0.2) is 0 Å². The number of rotatable bonds is 2. The molecule has 1 aromatic rings. The van der Waals surface area contributed by atoms with Gasteiger partial charge in [-0.2, -0.15) is 0 Å². The highest BCUT2D eigenvalue weighted by Gasteiger charge is 2.22. The fourth-order valence-electron chi connectivity index (χ4n) is 1.26. The summed E-state index contributed by atoms with van der Waals surface area (Å²) in [5, 5.41) is 0. The van der Waals surface area contributed by atoms with Gasteiger partial charge >= 0.3 is 5.97 Å². The number of nitrogens with one attached hydrogen (secondary N) is 1. The average molecular weight is 217 g/mol. The Kier molecular flexibility index (Phi) is 3.18. The number of aryl methyl sites for hydroxylation is 1. The molecule has 0 saturated carbocycles. The van der Waals surface area contributed by atoms with Gasteiger partial charge in [-0.05, 0) is 6.92 Å². The van der Waals surface area contributed by atoms with Gasteiger partial charge in [0.05, 0.1) is 12.7 Å². The van der Waals surface area contributed by atoms with Gasteiger partial charge in [0.25, 0.3) is 6.43 Å². The smallest absolute Gasteiger partial charge is 0.340 e. The summed E-state index contributed by atoms with van der Waals surface area (Å²) in [6.07, 6.45) is -2.89. The third-order valence-corrected chi connectivity index (χ3v) is 1.89. The number of halogens is 2. The lowest BCUT2D eigenvalue weighted by Gasteiger charge is -2.08. The van der Waals surface area contributed by atoms with E-state index in [-0.39, 0.29) is 11.3 Å². The lowest BCUT2D eigenvalue weighted by Crippen LogP contribution is -2.17. The van der Waals surface area contributed by atoms with Crippen LogP contribution in [-0.2, 0) is 4.74 Å². The molecule has 82 valence electrons. The number of hydrogen-bond donors (Lipinski definition) is 1. The summed E-state index contributed by atoms with van der Waals surface area (Å²) in [5.74, 6) is -0.890. The van der Waals surface area contributed by atoms with Crippen LogP contribution in [0.4, 0.5) is 8.78 Å². The SMILES string of the molecule is COC(=O)c1c(C(F)F)cc(=O)[nH]c1C. The van der Waals surface area contributed by atoms with Crippen LogP contribution in [0, 0.1) is 6.92 Å². The molecule has 0 spiro atoms. The van der Waals surface area contributed by atoms with Crippen LogP contribution in [0.25, 0.3) is 0 Å². The average Bonchev–Trinajstić information content (AvgIpc) is 2.15. The van der Waals surface area contributed by atoms with E-state index in [4.69, 9.17) is 0 Å². The van der Waals surface area contributed by atoms with E-state index in [0.717, 1.165) is 7.11 Å². The molecule has 1 aromatic heterocycles. The standard InChI is InChI=1S/C9H9F2NO3/c1-4-7(9(14)15-2)5(8(10)11)3-6(13)12-4/h3,8H,1-2H3,(H,12,13). The Bertz CT molecular complexity index is 439. The van der Waals surface area contributed by atoms with E-state index < -0.39 is 23.5 Å². The molecule has 1 N–H and O–H groups in total. The van der Waals surface area contributed by atoms with Gasteiger partial charge in [0.1, 0.15) is 0 Å². The maximum absolute atomic E-state index is 12.5. The van der Waals surface area contributed by atoms with Crippen molar-refractivity contribution in [3.63, 3.8) is 0 Å². The number of H-pyrrole nitrogens is 1. The first-order valence-electron chi connectivity index (χ1n) is 4.07. The molecular weight excluding hydrogens is 208 g/mol. The van der Waals surface area contributed by atoms with E-state index >= 15 is 0 Å². The van der Waals surface area contributed by atoms with Crippen molar-refractivity contribution in [2.24, 2.45) is 0 Å². The van der Waals surface area contributed by atoms with Crippen LogP contribution >= 0.6 is 0 Å². The van der Waals surface area contributed by atoms with Gasteiger partial charge in [-0.1, -0.05) is 0 Å². The monoisotopic (exact) mass is 217 g/mol.